The van der Waals surface area contributed by atoms with Crippen LogP contribution in [0.1, 0.15) is 37.4 Å². The van der Waals surface area contributed by atoms with Crippen LogP contribution in [0.15, 0.2) is 35.4 Å². The number of hydrogen-bond acceptors (Lipinski definition) is 6. The molecule has 0 fully saturated rings. The number of nitriles is 1. The first kappa shape index (κ1) is 19.1. The first-order chi connectivity index (χ1) is 13.1. The third-order valence-corrected chi connectivity index (χ3v) is 4.98. The summed E-state index contributed by atoms with van der Waals surface area (Å²) in [5.74, 6) is 2.06. The second-order valence-electron chi connectivity index (χ2n) is 6.36. The highest BCUT2D eigenvalue weighted by atomic mass is 32.2. The number of carbonyl (C=O) groups is 1. The first-order valence-corrected chi connectivity index (χ1v) is 9.78. The van der Waals surface area contributed by atoms with E-state index in [0.717, 1.165) is 5.69 Å². The van der Waals surface area contributed by atoms with E-state index in [0.29, 0.717) is 53.2 Å². The number of nitrogens with zero attached hydrogens (tertiary/aromatic N) is 2. The summed E-state index contributed by atoms with van der Waals surface area (Å²) in [6, 6.07) is 11.2. The molecule has 27 heavy (non-hydrogen) atoms. The standard InChI is InChI=1S/C20H21N3O3S/c1-13(2)16-5-3-14(12-21)20(23-16)27-10-7-19(24)22-15-4-6-17-18(11-15)26-9-8-25-17/h3-6,11,13H,7-10H2,1-2H3,(H,22,24). The maximum Gasteiger partial charge on any atom is 0.225 e. The zero-order chi connectivity index (χ0) is 19.2. The lowest BCUT2D eigenvalue weighted by Crippen LogP contribution is -2.16. The van der Waals surface area contributed by atoms with Gasteiger partial charge in [-0.2, -0.15) is 5.26 Å². The summed E-state index contributed by atoms with van der Waals surface area (Å²) in [5.41, 5.74) is 2.15. The first-order valence-electron chi connectivity index (χ1n) is 8.80. The van der Waals surface area contributed by atoms with Crippen LogP contribution in [0.5, 0.6) is 11.5 Å². The minimum absolute atomic E-state index is 0.0994. The van der Waals surface area contributed by atoms with E-state index in [1.165, 1.54) is 11.8 Å². The largest absolute Gasteiger partial charge is 0.486 e. The Bertz CT molecular complexity index is 877. The van der Waals surface area contributed by atoms with Gasteiger partial charge in [-0.15, -0.1) is 11.8 Å². The van der Waals surface area contributed by atoms with E-state index >= 15 is 0 Å². The van der Waals surface area contributed by atoms with E-state index in [-0.39, 0.29) is 11.8 Å². The number of nitrogens with one attached hydrogen (secondary N) is 1. The van der Waals surface area contributed by atoms with E-state index < -0.39 is 0 Å². The van der Waals surface area contributed by atoms with Gasteiger partial charge in [-0.3, -0.25) is 4.79 Å². The Morgan fingerprint density at radius 1 is 1.26 bits per heavy atom. The number of hydrogen-bond donors (Lipinski definition) is 1. The molecule has 0 unspecified atom stereocenters. The van der Waals surface area contributed by atoms with E-state index in [1.807, 2.05) is 6.07 Å². The molecule has 1 aliphatic rings. The van der Waals surface area contributed by atoms with Crippen molar-refractivity contribution in [2.24, 2.45) is 0 Å². The van der Waals surface area contributed by atoms with Gasteiger partial charge in [0.1, 0.15) is 24.3 Å². The van der Waals surface area contributed by atoms with Gasteiger partial charge in [-0.05, 0) is 30.2 Å². The quantitative estimate of drug-likeness (QED) is 0.760. The van der Waals surface area contributed by atoms with Crippen LogP contribution in [0.4, 0.5) is 5.69 Å². The Hall–Kier alpha value is -2.72. The number of fused-ring (bicyclic) bond motifs is 1. The molecule has 1 aromatic carbocycles. The lowest BCUT2D eigenvalue weighted by Gasteiger charge is -2.19. The maximum atomic E-state index is 12.2. The summed E-state index contributed by atoms with van der Waals surface area (Å²) in [6.45, 7) is 5.16. The molecule has 0 saturated carbocycles. The van der Waals surface area contributed by atoms with Gasteiger partial charge in [0.2, 0.25) is 5.91 Å². The molecular formula is C20H21N3O3S. The van der Waals surface area contributed by atoms with Gasteiger partial charge < -0.3 is 14.8 Å². The maximum absolute atomic E-state index is 12.2. The molecule has 0 bridgehead atoms. The number of rotatable bonds is 6. The molecule has 7 heteroatoms. The van der Waals surface area contributed by atoms with Gasteiger partial charge in [-0.25, -0.2) is 4.98 Å². The molecule has 0 atom stereocenters. The third kappa shape index (κ3) is 4.92. The minimum atomic E-state index is -0.0994. The number of anilines is 1. The average Bonchev–Trinajstić information content (AvgIpc) is 2.67. The molecule has 0 radical (unpaired) electrons. The normalized spacial score (nSPS) is 12.5. The van der Waals surface area contributed by atoms with E-state index in [2.05, 4.69) is 30.2 Å². The lowest BCUT2D eigenvalue weighted by molar-refractivity contribution is -0.115. The highest BCUT2D eigenvalue weighted by molar-refractivity contribution is 7.99. The zero-order valence-corrected chi connectivity index (χ0v) is 16.1. The zero-order valence-electron chi connectivity index (χ0n) is 15.3. The van der Waals surface area contributed by atoms with Crippen LogP contribution in [0.2, 0.25) is 0 Å². The number of pyridine rings is 1. The van der Waals surface area contributed by atoms with E-state index in [4.69, 9.17) is 9.47 Å². The molecule has 0 spiro atoms. The van der Waals surface area contributed by atoms with Gasteiger partial charge in [0.25, 0.3) is 0 Å². The molecular weight excluding hydrogens is 362 g/mol. The fraction of sp³-hybridized carbons (Fsp3) is 0.350. The second kappa shape index (κ2) is 8.78. The monoisotopic (exact) mass is 383 g/mol. The summed E-state index contributed by atoms with van der Waals surface area (Å²) in [4.78, 5) is 16.8. The topological polar surface area (TPSA) is 84.2 Å². The molecule has 140 valence electrons. The van der Waals surface area contributed by atoms with E-state index in [9.17, 15) is 10.1 Å². The molecule has 0 saturated heterocycles. The number of aromatic nitrogens is 1. The van der Waals surface area contributed by atoms with Crippen molar-refractivity contribution in [1.29, 1.82) is 5.26 Å². The molecule has 3 rings (SSSR count). The summed E-state index contributed by atoms with van der Waals surface area (Å²) >= 11 is 1.43. The number of amides is 1. The molecule has 0 aliphatic carbocycles. The Labute approximate surface area is 162 Å². The van der Waals surface area contributed by atoms with Crippen molar-refractivity contribution < 1.29 is 14.3 Å². The van der Waals surface area contributed by atoms with Crippen LogP contribution < -0.4 is 14.8 Å². The van der Waals surface area contributed by atoms with Crippen molar-refractivity contribution in [3.05, 3.63) is 41.6 Å². The van der Waals surface area contributed by atoms with Gasteiger partial charge in [0, 0.05) is 29.6 Å². The highest BCUT2D eigenvalue weighted by Crippen LogP contribution is 2.32. The van der Waals surface area contributed by atoms with Crippen LogP contribution in [0.25, 0.3) is 0 Å². The molecule has 1 amide bonds. The van der Waals surface area contributed by atoms with Crippen molar-refractivity contribution in [3.63, 3.8) is 0 Å². The van der Waals surface area contributed by atoms with Crippen LogP contribution in [0, 0.1) is 11.3 Å². The van der Waals surface area contributed by atoms with Crippen molar-refractivity contribution in [2.45, 2.75) is 31.2 Å². The number of ether oxygens (including phenoxy) is 2. The molecule has 1 aliphatic heterocycles. The molecule has 6 nitrogen and oxygen atoms in total. The minimum Gasteiger partial charge on any atom is -0.486 e. The Balaban J connectivity index is 1.56. The van der Waals surface area contributed by atoms with E-state index in [1.54, 1.807) is 24.3 Å². The van der Waals surface area contributed by atoms with Crippen molar-refractivity contribution >= 4 is 23.4 Å². The van der Waals surface area contributed by atoms with Crippen LogP contribution in [-0.4, -0.2) is 29.9 Å². The number of thioether (sulfide) groups is 1. The predicted molar refractivity (Wildman–Crippen MR) is 104 cm³/mol. The molecule has 1 aromatic heterocycles. The van der Waals surface area contributed by atoms with Gasteiger partial charge in [0.15, 0.2) is 11.5 Å². The second-order valence-corrected chi connectivity index (χ2v) is 7.44. The van der Waals surface area contributed by atoms with Crippen molar-refractivity contribution in [2.75, 3.05) is 24.3 Å². The fourth-order valence-corrected chi connectivity index (χ4v) is 3.48. The lowest BCUT2D eigenvalue weighted by atomic mass is 10.1. The average molecular weight is 383 g/mol. The molecule has 1 N–H and O–H groups in total. The SMILES string of the molecule is CC(C)c1ccc(C#N)c(SCCC(=O)Nc2ccc3c(c2)OCCO3)n1. The Morgan fingerprint density at radius 3 is 2.78 bits per heavy atom. The van der Waals surface area contributed by atoms with Gasteiger partial charge >= 0.3 is 0 Å². The Morgan fingerprint density at radius 2 is 2.04 bits per heavy atom. The number of carbonyl (C=O) groups excluding carboxylic acids is 1. The van der Waals surface area contributed by atoms with Gasteiger partial charge in [0.05, 0.1) is 5.56 Å². The summed E-state index contributed by atoms with van der Waals surface area (Å²) < 4.78 is 11.0. The predicted octanol–water partition coefficient (Wildman–Crippen LogP) is 3.97. The van der Waals surface area contributed by atoms with Crippen LogP contribution in [0.3, 0.4) is 0 Å². The summed E-state index contributed by atoms with van der Waals surface area (Å²) in [7, 11) is 0. The fourth-order valence-electron chi connectivity index (χ4n) is 2.56. The molecule has 2 aromatic rings. The van der Waals surface area contributed by atoms with Crippen LogP contribution in [-0.2, 0) is 4.79 Å². The van der Waals surface area contributed by atoms with Crippen molar-refractivity contribution in [3.8, 4) is 17.6 Å². The van der Waals surface area contributed by atoms with Crippen LogP contribution >= 0.6 is 11.8 Å². The summed E-state index contributed by atoms with van der Waals surface area (Å²) in [5, 5.41) is 12.8. The number of benzene rings is 1. The van der Waals surface area contributed by atoms with Gasteiger partial charge in [-0.1, -0.05) is 13.8 Å². The molecule has 2 heterocycles. The highest BCUT2D eigenvalue weighted by Gasteiger charge is 2.13. The summed E-state index contributed by atoms with van der Waals surface area (Å²) in [6.07, 6.45) is 0.317. The Kier molecular flexibility index (Phi) is 6.20. The third-order valence-electron chi connectivity index (χ3n) is 3.99. The van der Waals surface area contributed by atoms with Crippen molar-refractivity contribution in [1.82, 2.24) is 4.98 Å². The smallest absolute Gasteiger partial charge is 0.225 e.